The van der Waals surface area contributed by atoms with Gasteiger partial charge in [0.15, 0.2) is 0 Å². The number of carboxylic acids is 1. The van der Waals surface area contributed by atoms with Crippen molar-refractivity contribution in [3.8, 4) is 0 Å². The summed E-state index contributed by atoms with van der Waals surface area (Å²) in [6.07, 6.45) is 5.42. The summed E-state index contributed by atoms with van der Waals surface area (Å²) in [6.45, 7) is 3.69. The van der Waals surface area contributed by atoms with Gasteiger partial charge in [0.25, 0.3) is 0 Å². The molecule has 21 heavy (non-hydrogen) atoms. The third-order valence-corrected chi connectivity index (χ3v) is 5.10. The SMILES string of the molecule is COCCC1(C(=O)N2CC(C)CC(C(=O)O)C2)CCCC1. The molecule has 1 aliphatic carbocycles. The van der Waals surface area contributed by atoms with E-state index >= 15 is 0 Å². The average Bonchev–Trinajstić information content (AvgIpc) is 2.93. The Labute approximate surface area is 126 Å². The van der Waals surface area contributed by atoms with Crippen molar-refractivity contribution >= 4 is 11.9 Å². The molecule has 5 nitrogen and oxygen atoms in total. The number of carbonyl (C=O) groups is 2. The Morgan fingerprint density at radius 1 is 1.29 bits per heavy atom. The molecular formula is C16H27NO4. The summed E-state index contributed by atoms with van der Waals surface area (Å²) in [7, 11) is 1.66. The molecule has 1 aliphatic heterocycles. The van der Waals surface area contributed by atoms with Crippen molar-refractivity contribution in [2.24, 2.45) is 17.3 Å². The van der Waals surface area contributed by atoms with Crippen LogP contribution in [0.1, 0.15) is 45.4 Å². The second-order valence-electron chi connectivity index (χ2n) is 6.82. The van der Waals surface area contributed by atoms with Crippen LogP contribution in [0.15, 0.2) is 0 Å². The first kappa shape index (κ1) is 16.3. The molecule has 0 aromatic rings. The van der Waals surface area contributed by atoms with Crippen molar-refractivity contribution < 1.29 is 19.4 Å². The van der Waals surface area contributed by atoms with E-state index in [1.54, 1.807) is 7.11 Å². The van der Waals surface area contributed by atoms with Crippen LogP contribution in [0.25, 0.3) is 0 Å². The van der Waals surface area contributed by atoms with Crippen LogP contribution in [0.3, 0.4) is 0 Å². The van der Waals surface area contributed by atoms with E-state index in [1.165, 1.54) is 0 Å². The minimum atomic E-state index is -0.781. The van der Waals surface area contributed by atoms with Crippen molar-refractivity contribution in [1.82, 2.24) is 4.90 Å². The molecule has 1 heterocycles. The number of likely N-dealkylation sites (tertiary alicyclic amines) is 1. The lowest BCUT2D eigenvalue weighted by molar-refractivity contribution is -0.151. The molecule has 0 aromatic heterocycles. The van der Waals surface area contributed by atoms with Gasteiger partial charge in [-0.2, -0.15) is 0 Å². The molecule has 1 N–H and O–H groups in total. The van der Waals surface area contributed by atoms with E-state index in [9.17, 15) is 14.7 Å². The van der Waals surface area contributed by atoms with Crippen LogP contribution < -0.4 is 0 Å². The highest BCUT2D eigenvalue weighted by Crippen LogP contribution is 2.43. The van der Waals surface area contributed by atoms with Gasteiger partial charge in [-0.25, -0.2) is 0 Å². The van der Waals surface area contributed by atoms with E-state index in [0.29, 0.717) is 26.1 Å². The smallest absolute Gasteiger partial charge is 0.308 e. The highest BCUT2D eigenvalue weighted by Gasteiger charge is 2.45. The average molecular weight is 297 g/mol. The van der Waals surface area contributed by atoms with Gasteiger partial charge in [-0.15, -0.1) is 0 Å². The third-order valence-electron chi connectivity index (χ3n) is 5.10. The van der Waals surface area contributed by atoms with E-state index < -0.39 is 11.9 Å². The Kier molecular flexibility index (Phi) is 5.25. The third kappa shape index (κ3) is 3.57. The standard InChI is InChI=1S/C16H27NO4/c1-12-9-13(14(18)19)11-17(10-12)15(20)16(7-8-21-2)5-3-4-6-16/h12-13H,3-11H2,1-2H3,(H,18,19). The maximum absolute atomic E-state index is 13.0. The van der Waals surface area contributed by atoms with E-state index in [2.05, 4.69) is 0 Å². The second-order valence-corrected chi connectivity index (χ2v) is 6.82. The van der Waals surface area contributed by atoms with Crippen LogP contribution in [0.4, 0.5) is 0 Å². The molecule has 0 radical (unpaired) electrons. The zero-order valence-electron chi connectivity index (χ0n) is 13.1. The summed E-state index contributed by atoms with van der Waals surface area (Å²) < 4.78 is 5.18. The zero-order valence-corrected chi connectivity index (χ0v) is 13.1. The van der Waals surface area contributed by atoms with Crippen molar-refractivity contribution in [2.45, 2.75) is 45.4 Å². The van der Waals surface area contributed by atoms with Crippen LogP contribution in [0, 0.1) is 17.3 Å². The van der Waals surface area contributed by atoms with Crippen molar-refractivity contribution in [2.75, 3.05) is 26.8 Å². The number of carbonyl (C=O) groups excluding carboxylic acids is 1. The highest BCUT2D eigenvalue weighted by molar-refractivity contribution is 5.84. The minimum absolute atomic E-state index is 0.162. The molecule has 0 aromatic carbocycles. The van der Waals surface area contributed by atoms with Gasteiger partial charge in [0.1, 0.15) is 0 Å². The molecule has 1 saturated heterocycles. The first-order chi connectivity index (χ1) is 9.98. The first-order valence-electron chi connectivity index (χ1n) is 7.99. The van der Waals surface area contributed by atoms with Crippen molar-refractivity contribution in [3.63, 3.8) is 0 Å². The van der Waals surface area contributed by atoms with Gasteiger partial charge in [0, 0.05) is 26.8 Å². The number of rotatable bonds is 5. The lowest BCUT2D eigenvalue weighted by Gasteiger charge is -2.40. The fourth-order valence-electron chi connectivity index (χ4n) is 3.95. The Morgan fingerprint density at radius 3 is 2.52 bits per heavy atom. The molecule has 5 heteroatoms. The predicted molar refractivity (Wildman–Crippen MR) is 78.9 cm³/mol. The lowest BCUT2D eigenvalue weighted by Crippen LogP contribution is -2.51. The number of aliphatic carboxylic acids is 1. The van der Waals surface area contributed by atoms with E-state index in [-0.39, 0.29) is 17.2 Å². The molecule has 120 valence electrons. The molecule has 2 unspecified atom stereocenters. The number of piperidine rings is 1. The van der Waals surface area contributed by atoms with Gasteiger partial charge in [-0.1, -0.05) is 19.8 Å². The quantitative estimate of drug-likeness (QED) is 0.844. The molecule has 2 fully saturated rings. The molecule has 1 saturated carbocycles. The summed E-state index contributed by atoms with van der Waals surface area (Å²) in [5.74, 6) is -0.783. The Morgan fingerprint density at radius 2 is 1.95 bits per heavy atom. The Hall–Kier alpha value is -1.10. The van der Waals surface area contributed by atoms with Crippen molar-refractivity contribution in [3.05, 3.63) is 0 Å². The topological polar surface area (TPSA) is 66.8 Å². The molecule has 0 spiro atoms. The lowest BCUT2D eigenvalue weighted by atomic mass is 9.79. The molecular weight excluding hydrogens is 270 g/mol. The van der Waals surface area contributed by atoms with E-state index in [1.807, 2.05) is 11.8 Å². The summed E-state index contributed by atoms with van der Waals surface area (Å²) in [4.78, 5) is 26.1. The normalized spacial score (nSPS) is 28.6. The monoisotopic (exact) mass is 297 g/mol. The molecule has 2 rings (SSSR count). The van der Waals surface area contributed by atoms with Crippen LogP contribution in [-0.2, 0) is 14.3 Å². The number of hydrogen-bond acceptors (Lipinski definition) is 3. The van der Waals surface area contributed by atoms with Crippen LogP contribution in [0.5, 0.6) is 0 Å². The van der Waals surface area contributed by atoms with E-state index in [0.717, 1.165) is 32.1 Å². The Bertz CT molecular complexity index is 390. The van der Waals surface area contributed by atoms with Gasteiger partial charge in [0.2, 0.25) is 5.91 Å². The van der Waals surface area contributed by atoms with E-state index in [4.69, 9.17) is 4.74 Å². The van der Waals surface area contributed by atoms with Crippen LogP contribution in [-0.4, -0.2) is 48.7 Å². The number of methoxy groups -OCH3 is 1. The summed E-state index contributed by atoms with van der Waals surface area (Å²) in [5.41, 5.74) is -0.309. The molecule has 0 bridgehead atoms. The minimum Gasteiger partial charge on any atom is -0.481 e. The van der Waals surface area contributed by atoms with Gasteiger partial charge >= 0.3 is 5.97 Å². The fraction of sp³-hybridized carbons (Fsp3) is 0.875. The van der Waals surface area contributed by atoms with Crippen LogP contribution in [0.2, 0.25) is 0 Å². The van der Waals surface area contributed by atoms with Gasteiger partial charge in [-0.05, 0) is 31.6 Å². The number of carboxylic acid groups (broad SMARTS) is 1. The van der Waals surface area contributed by atoms with Crippen molar-refractivity contribution in [1.29, 1.82) is 0 Å². The summed E-state index contributed by atoms with van der Waals surface area (Å²) in [6, 6.07) is 0. The highest BCUT2D eigenvalue weighted by atomic mass is 16.5. The Balaban J connectivity index is 2.10. The number of ether oxygens (including phenoxy) is 1. The molecule has 2 atom stereocenters. The van der Waals surface area contributed by atoms with Gasteiger partial charge in [0.05, 0.1) is 11.3 Å². The van der Waals surface area contributed by atoms with Gasteiger partial charge in [-0.3, -0.25) is 9.59 Å². The second kappa shape index (κ2) is 6.77. The molecule has 2 aliphatic rings. The summed E-state index contributed by atoms with van der Waals surface area (Å²) >= 11 is 0. The number of nitrogens with zero attached hydrogens (tertiary/aromatic N) is 1. The maximum atomic E-state index is 13.0. The first-order valence-corrected chi connectivity index (χ1v) is 7.99. The molecule has 1 amide bonds. The summed E-state index contributed by atoms with van der Waals surface area (Å²) in [5, 5.41) is 9.27. The fourth-order valence-corrected chi connectivity index (χ4v) is 3.95. The zero-order chi connectivity index (χ0) is 15.5. The largest absolute Gasteiger partial charge is 0.481 e. The number of hydrogen-bond donors (Lipinski definition) is 1. The number of amides is 1. The van der Waals surface area contributed by atoms with Gasteiger partial charge < -0.3 is 14.7 Å². The predicted octanol–water partition coefficient (Wildman–Crippen LogP) is 2.15. The van der Waals surface area contributed by atoms with Crippen LogP contribution >= 0.6 is 0 Å². The maximum Gasteiger partial charge on any atom is 0.308 e.